The molecule has 2 aromatic heterocycles. The molecule has 4 heterocycles. The number of aryl methyl sites for hydroxylation is 1. The lowest BCUT2D eigenvalue weighted by Gasteiger charge is -2.34. The van der Waals surface area contributed by atoms with Gasteiger partial charge in [0.25, 0.3) is 5.91 Å². The predicted molar refractivity (Wildman–Crippen MR) is 151 cm³/mol. The number of hydrogen-bond donors (Lipinski definition) is 1. The molecule has 0 saturated carbocycles. The second-order valence-electron chi connectivity index (χ2n) is 10.5. The molecular formula is C30H36N6O3. The third-order valence-corrected chi connectivity index (χ3v) is 7.29. The van der Waals surface area contributed by atoms with E-state index >= 15 is 0 Å². The minimum absolute atomic E-state index is 0.192. The van der Waals surface area contributed by atoms with Gasteiger partial charge in [0, 0.05) is 56.6 Å². The predicted octanol–water partition coefficient (Wildman–Crippen LogP) is 4.59. The van der Waals surface area contributed by atoms with E-state index in [9.17, 15) is 9.59 Å². The van der Waals surface area contributed by atoms with Crippen LogP contribution in [0, 0.1) is 12.8 Å². The quantitative estimate of drug-likeness (QED) is 0.500. The molecule has 2 fully saturated rings. The van der Waals surface area contributed by atoms with Crippen LogP contribution in [0.2, 0.25) is 0 Å². The summed E-state index contributed by atoms with van der Waals surface area (Å²) in [5, 5.41) is 2.86. The standard InChI is InChI=1S/C30H36N6O3/c1-22-5-4-14-34(20-22)21-24-8-10-25(11-9-24)29(37)33-26-12-13-28(31-19-26)39-30(38)36-17-15-35(16-18-36)27-7-3-6-23(2)32-27/h3,6-13,19,22H,4-5,14-18,20-21H2,1-2H3,(H,33,37). The zero-order chi connectivity index (χ0) is 27.2. The Morgan fingerprint density at radius 1 is 1.00 bits per heavy atom. The number of anilines is 2. The van der Waals surface area contributed by atoms with E-state index in [-0.39, 0.29) is 11.8 Å². The molecule has 2 amide bonds. The lowest BCUT2D eigenvalue weighted by atomic mass is 9.99. The number of piperazine rings is 1. The third kappa shape index (κ3) is 7.11. The molecule has 0 bridgehead atoms. The first-order valence-electron chi connectivity index (χ1n) is 13.7. The minimum Gasteiger partial charge on any atom is -0.391 e. The van der Waals surface area contributed by atoms with E-state index in [4.69, 9.17) is 4.74 Å². The van der Waals surface area contributed by atoms with Crippen LogP contribution in [0.3, 0.4) is 0 Å². The SMILES string of the molecule is Cc1cccc(N2CCN(C(=O)Oc3ccc(NC(=O)c4ccc(CN5CCCC(C)C5)cc4)cn3)CC2)n1. The molecule has 0 radical (unpaired) electrons. The number of amides is 2. The smallest absolute Gasteiger partial charge is 0.391 e. The highest BCUT2D eigenvalue weighted by atomic mass is 16.6. The molecule has 0 spiro atoms. The molecule has 1 N–H and O–H groups in total. The van der Waals surface area contributed by atoms with Crippen molar-refractivity contribution in [2.45, 2.75) is 33.2 Å². The summed E-state index contributed by atoms with van der Waals surface area (Å²) in [6.07, 6.45) is 3.61. The van der Waals surface area contributed by atoms with E-state index in [2.05, 4.69) is 32.0 Å². The van der Waals surface area contributed by atoms with Crippen LogP contribution in [0.1, 0.15) is 41.4 Å². The number of piperidine rings is 1. The van der Waals surface area contributed by atoms with E-state index < -0.39 is 6.09 Å². The van der Waals surface area contributed by atoms with Gasteiger partial charge in [-0.3, -0.25) is 9.69 Å². The van der Waals surface area contributed by atoms with Gasteiger partial charge in [-0.05, 0) is 68.1 Å². The second-order valence-corrected chi connectivity index (χ2v) is 10.5. The van der Waals surface area contributed by atoms with Gasteiger partial charge in [-0.1, -0.05) is 25.1 Å². The first kappa shape index (κ1) is 26.6. The Bertz CT molecular complexity index is 1270. The zero-order valence-corrected chi connectivity index (χ0v) is 22.7. The van der Waals surface area contributed by atoms with Gasteiger partial charge in [0.05, 0.1) is 11.9 Å². The van der Waals surface area contributed by atoms with Crippen molar-refractivity contribution < 1.29 is 14.3 Å². The van der Waals surface area contributed by atoms with Crippen LogP contribution in [0.25, 0.3) is 0 Å². The first-order valence-corrected chi connectivity index (χ1v) is 13.7. The number of carbonyl (C=O) groups excluding carboxylic acids is 2. The Morgan fingerprint density at radius 2 is 1.79 bits per heavy atom. The minimum atomic E-state index is -0.435. The Labute approximate surface area is 229 Å². The molecule has 1 atom stereocenters. The number of nitrogens with zero attached hydrogens (tertiary/aromatic N) is 5. The fraction of sp³-hybridized carbons (Fsp3) is 0.400. The van der Waals surface area contributed by atoms with Crippen LogP contribution < -0.4 is 15.0 Å². The number of carbonyl (C=O) groups is 2. The molecule has 5 rings (SSSR count). The van der Waals surface area contributed by atoms with Crippen LogP contribution in [0.5, 0.6) is 5.88 Å². The van der Waals surface area contributed by atoms with Crippen LogP contribution >= 0.6 is 0 Å². The highest BCUT2D eigenvalue weighted by Gasteiger charge is 2.24. The maximum Gasteiger partial charge on any atom is 0.416 e. The van der Waals surface area contributed by atoms with Crippen LogP contribution in [-0.2, 0) is 6.54 Å². The maximum absolute atomic E-state index is 12.7. The molecule has 39 heavy (non-hydrogen) atoms. The van der Waals surface area contributed by atoms with Gasteiger partial charge in [0.2, 0.25) is 5.88 Å². The highest BCUT2D eigenvalue weighted by Crippen LogP contribution is 2.19. The summed E-state index contributed by atoms with van der Waals surface area (Å²) < 4.78 is 5.47. The van der Waals surface area contributed by atoms with E-state index in [0.717, 1.165) is 37.1 Å². The zero-order valence-electron chi connectivity index (χ0n) is 22.7. The average molecular weight is 529 g/mol. The van der Waals surface area contributed by atoms with Crippen LogP contribution in [0.15, 0.2) is 60.8 Å². The van der Waals surface area contributed by atoms with Gasteiger partial charge in [0.15, 0.2) is 0 Å². The number of pyridine rings is 2. The van der Waals surface area contributed by atoms with Gasteiger partial charge < -0.3 is 19.9 Å². The Balaban J connectivity index is 1.08. The Kier molecular flexibility index (Phi) is 8.36. The molecule has 9 heteroatoms. The molecule has 3 aromatic rings. The number of aromatic nitrogens is 2. The van der Waals surface area contributed by atoms with E-state index in [1.54, 1.807) is 17.0 Å². The molecular weight excluding hydrogens is 492 g/mol. The number of hydrogen-bond acceptors (Lipinski definition) is 7. The van der Waals surface area contributed by atoms with Crippen molar-refractivity contribution in [1.82, 2.24) is 19.8 Å². The number of likely N-dealkylation sites (tertiary alicyclic amines) is 1. The number of ether oxygens (including phenoxy) is 1. The normalized spacial score (nSPS) is 18.1. The van der Waals surface area contributed by atoms with Crippen molar-refractivity contribution >= 4 is 23.5 Å². The Morgan fingerprint density at radius 3 is 2.49 bits per heavy atom. The summed E-state index contributed by atoms with van der Waals surface area (Å²) in [6.45, 7) is 9.89. The van der Waals surface area contributed by atoms with E-state index in [0.29, 0.717) is 37.4 Å². The molecule has 2 aliphatic rings. The molecule has 9 nitrogen and oxygen atoms in total. The monoisotopic (exact) mass is 528 g/mol. The lowest BCUT2D eigenvalue weighted by Crippen LogP contribution is -2.50. The molecule has 204 valence electrons. The number of nitrogens with one attached hydrogen (secondary N) is 1. The molecule has 1 aromatic carbocycles. The van der Waals surface area contributed by atoms with Crippen LogP contribution in [-0.4, -0.2) is 71.0 Å². The summed E-state index contributed by atoms with van der Waals surface area (Å²) >= 11 is 0. The average Bonchev–Trinajstić information content (AvgIpc) is 2.94. The second kappa shape index (κ2) is 12.3. The largest absolute Gasteiger partial charge is 0.416 e. The van der Waals surface area contributed by atoms with Gasteiger partial charge >= 0.3 is 6.09 Å². The molecule has 1 unspecified atom stereocenters. The molecule has 2 aliphatic heterocycles. The maximum atomic E-state index is 12.7. The van der Waals surface area contributed by atoms with Crippen molar-refractivity contribution in [3.8, 4) is 5.88 Å². The topological polar surface area (TPSA) is 90.9 Å². The van der Waals surface area contributed by atoms with Crippen molar-refractivity contribution in [2.24, 2.45) is 5.92 Å². The summed E-state index contributed by atoms with van der Waals surface area (Å²) in [5.41, 5.74) is 3.30. The van der Waals surface area contributed by atoms with Crippen molar-refractivity contribution in [2.75, 3.05) is 49.5 Å². The van der Waals surface area contributed by atoms with Crippen LogP contribution in [0.4, 0.5) is 16.3 Å². The fourth-order valence-electron chi connectivity index (χ4n) is 5.14. The third-order valence-electron chi connectivity index (χ3n) is 7.29. The summed E-state index contributed by atoms with van der Waals surface area (Å²) in [4.78, 5) is 40.4. The van der Waals surface area contributed by atoms with E-state index in [1.165, 1.54) is 24.6 Å². The van der Waals surface area contributed by atoms with Crippen molar-refractivity contribution in [1.29, 1.82) is 0 Å². The first-order chi connectivity index (χ1) is 18.9. The summed E-state index contributed by atoms with van der Waals surface area (Å²) in [7, 11) is 0. The summed E-state index contributed by atoms with van der Waals surface area (Å²) in [6, 6.07) is 17.0. The van der Waals surface area contributed by atoms with E-state index in [1.807, 2.05) is 49.4 Å². The summed E-state index contributed by atoms with van der Waals surface area (Å²) in [5.74, 6) is 1.65. The molecule has 2 saturated heterocycles. The molecule has 0 aliphatic carbocycles. The van der Waals surface area contributed by atoms with Gasteiger partial charge in [-0.15, -0.1) is 0 Å². The fourth-order valence-corrected chi connectivity index (χ4v) is 5.14. The highest BCUT2D eigenvalue weighted by molar-refractivity contribution is 6.04. The lowest BCUT2D eigenvalue weighted by molar-refractivity contribution is 0.102. The van der Waals surface area contributed by atoms with Crippen molar-refractivity contribution in [3.05, 3.63) is 77.6 Å². The van der Waals surface area contributed by atoms with Gasteiger partial charge in [0.1, 0.15) is 5.82 Å². The van der Waals surface area contributed by atoms with Gasteiger partial charge in [-0.25, -0.2) is 14.8 Å². The van der Waals surface area contributed by atoms with Crippen molar-refractivity contribution in [3.63, 3.8) is 0 Å². The Hall–Kier alpha value is -3.98. The number of rotatable bonds is 6. The van der Waals surface area contributed by atoms with Gasteiger partial charge in [-0.2, -0.15) is 0 Å². The number of benzene rings is 1.